The second-order valence-corrected chi connectivity index (χ2v) is 5.35. The summed E-state index contributed by atoms with van der Waals surface area (Å²) in [5.74, 6) is -0.599. The van der Waals surface area contributed by atoms with E-state index in [4.69, 9.17) is 4.74 Å². The number of carbonyl (C=O) groups is 2. The predicted molar refractivity (Wildman–Crippen MR) is 89.6 cm³/mol. The Balaban J connectivity index is 1.95. The molecule has 1 N–H and O–H groups in total. The van der Waals surface area contributed by atoms with E-state index in [1.807, 2.05) is 12.1 Å². The number of aromatic nitrogens is 2. The van der Waals surface area contributed by atoms with Gasteiger partial charge in [0.15, 0.2) is 0 Å². The predicted octanol–water partition coefficient (Wildman–Crippen LogP) is 1.16. The first-order valence-electron chi connectivity index (χ1n) is 7.91. The van der Waals surface area contributed by atoms with E-state index >= 15 is 0 Å². The van der Waals surface area contributed by atoms with Crippen molar-refractivity contribution in [1.29, 1.82) is 0 Å². The molecule has 2 rings (SSSR count). The van der Waals surface area contributed by atoms with Crippen LogP contribution in [-0.2, 0) is 20.9 Å². The average Bonchev–Trinajstić information content (AvgIpc) is 2.57. The van der Waals surface area contributed by atoms with Gasteiger partial charge in [-0.25, -0.2) is 4.68 Å². The van der Waals surface area contributed by atoms with Crippen LogP contribution in [0, 0.1) is 6.92 Å². The molecule has 0 saturated heterocycles. The van der Waals surface area contributed by atoms with Crippen LogP contribution in [0.2, 0.25) is 0 Å². The number of nitrogens with one attached hydrogen (secondary N) is 1. The van der Waals surface area contributed by atoms with Crippen LogP contribution in [0.1, 0.15) is 25.5 Å². The number of benzene rings is 1. The van der Waals surface area contributed by atoms with Gasteiger partial charge in [-0.05, 0) is 26.3 Å². The Kier molecular flexibility index (Phi) is 6.06. The lowest BCUT2D eigenvalue weighted by atomic mass is 10.1. The van der Waals surface area contributed by atoms with Gasteiger partial charge in [0.2, 0.25) is 5.91 Å². The fourth-order valence-corrected chi connectivity index (χ4v) is 2.40. The SMILES string of the molecule is CCOC(=O)CCCNC(=O)Cn1nc(C)c2ccccc2c1=O. The van der Waals surface area contributed by atoms with Gasteiger partial charge in [0.1, 0.15) is 6.54 Å². The van der Waals surface area contributed by atoms with Crippen LogP contribution >= 0.6 is 0 Å². The molecule has 128 valence electrons. The van der Waals surface area contributed by atoms with E-state index in [9.17, 15) is 14.4 Å². The molecular weight excluding hydrogens is 310 g/mol. The summed E-state index contributed by atoms with van der Waals surface area (Å²) in [6, 6.07) is 7.18. The molecule has 1 aromatic carbocycles. The van der Waals surface area contributed by atoms with Gasteiger partial charge in [0.05, 0.1) is 17.7 Å². The van der Waals surface area contributed by atoms with Crippen LogP contribution in [0.5, 0.6) is 0 Å². The summed E-state index contributed by atoms with van der Waals surface area (Å²) in [5.41, 5.74) is 0.401. The number of ether oxygens (including phenoxy) is 1. The maximum atomic E-state index is 12.4. The molecule has 1 amide bonds. The zero-order chi connectivity index (χ0) is 17.5. The van der Waals surface area contributed by atoms with Crippen molar-refractivity contribution in [2.45, 2.75) is 33.2 Å². The largest absolute Gasteiger partial charge is 0.466 e. The smallest absolute Gasteiger partial charge is 0.305 e. The second kappa shape index (κ2) is 8.24. The lowest BCUT2D eigenvalue weighted by molar-refractivity contribution is -0.143. The third kappa shape index (κ3) is 4.41. The summed E-state index contributed by atoms with van der Waals surface area (Å²) in [7, 11) is 0. The fraction of sp³-hybridized carbons (Fsp3) is 0.412. The molecule has 2 aromatic rings. The number of hydrogen-bond donors (Lipinski definition) is 1. The van der Waals surface area contributed by atoms with Crippen molar-refractivity contribution in [3.05, 3.63) is 40.3 Å². The van der Waals surface area contributed by atoms with Gasteiger partial charge in [-0.15, -0.1) is 0 Å². The molecule has 0 unspecified atom stereocenters. The zero-order valence-electron chi connectivity index (χ0n) is 13.9. The van der Waals surface area contributed by atoms with Crippen LogP contribution in [0.25, 0.3) is 10.8 Å². The van der Waals surface area contributed by atoms with Crippen molar-refractivity contribution in [3.63, 3.8) is 0 Å². The topological polar surface area (TPSA) is 90.3 Å². The van der Waals surface area contributed by atoms with E-state index in [1.54, 1.807) is 26.0 Å². The maximum Gasteiger partial charge on any atom is 0.305 e. The quantitative estimate of drug-likeness (QED) is 0.607. The van der Waals surface area contributed by atoms with Crippen LogP contribution in [0.4, 0.5) is 0 Å². The first-order valence-corrected chi connectivity index (χ1v) is 7.91. The fourth-order valence-electron chi connectivity index (χ4n) is 2.40. The third-order valence-electron chi connectivity index (χ3n) is 3.53. The number of aryl methyl sites for hydroxylation is 1. The molecule has 0 spiro atoms. The Morgan fingerprint density at radius 2 is 1.96 bits per heavy atom. The molecule has 0 fully saturated rings. The molecule has 1 aromatic heterocycles. The summed E-state index contributed by atoms with van der Waals surface area (Å²) >= 11 is 0. The van der Waals surface area contributed by atoms with Crippen molar-refractivity contribution in [2.24, 2.45) is 0 Å². The van der Waals surface area contributed by atoms with Crippen molar-refractivity contribution in [3.8, 4) is 0 Å². The molecule has 0 radical (unpaired) electrons. The Morgan fingerprint density at radius 3 is 2.67 bits per heavy atom. The number of nitrogens with zero attached hydrogens (tertiary/aromatic N) is 2. The van der Waals surface area contributed by atoms with E-state index in [0.29, 0.717) is 30.7 Å². The summed E-state index contributed by atoms with van der Waals surface area (Å²) < 4.78 is 5.97. The number of hydrogen-bond acceptors (Lipinski definition) is 5. The van der Waals surface area contributed by atoms with Crippen LogP contribution < -0.4 is 10.9 Å². The van der Waals surface area contributed by atoms with Crippen molar-refractivity contribution in [2.75, 3.05) is 13.2 Å². The minimum Gasteiger partial charge on any atom is -0.466 e. The zero-order valence-corrected chi connectivity index (χ0v) is 13.9. The molecule has 0 aliphatic carbocycles. The van der Waals surface area contributed by atoms with E-state index < -0.39 is 0 Å². The van der Waals surface area contributed by atoms with E-state index in [-0.39, 0.29) is 30.4 Å². The van der Waals surface area contributed by atoms with Gasteiger partial charge >= 0.3 is 5.97 Å². The highest BCUT2D eigenvalue weighted by molar-refractivity contribution is 5.83. The standard InChI is InChI=1S/C17H21N3O4/c1-3-24-16(22)9-6-10-18-15(21)11-20-17(23)14-8-5-4-7-13(14)12(2)19-20/h4-5,7-8H,3,6,9-11H2,1-2H3,(H,18,21). The van der Waals surface area contributed by atoms with Crippen molar-refractivity contribution >= 4 is 22.6 Å². The van der Waals surface area contributed by atoms with E-state index in [2.05, 4.69) is 10.4 Å². The molecule has 24 heavy (non-hydrogen) atoms. The summed E-state index contributed by atoms with van der Waals surface area (Å²) in [6.07, 6.45) is 0.741. The lowest BCUT2D eigenvalue weighted by Crippen LogP contribution is -2.34. The van der Waals surface area contributed by atoms with E-state index in [0.717, 1.165) is 5.39 Å². The highest BCUT2D eigenvalue weighted by atomic mass is 16.5. The normalized spacial score (nSPS) is 10.6. The summed E-state index contributed by atoms with van der Waals surface area (Å²) in [4.78, 5) is 35.5. The number of fused-ring (bicyclic) bond motifs is 1. The first-order chi connectivity index (χ1) is 11.5. The third-order valence-corrected chi connectivity index (χ3v) is 3.53. The van der Waals surface area contributed by atoms with Crippen LogP contribution in [-0.4, -0.2) is 34.8 Å². The number of esters is 1. The van der Waals surface area contributed by atoms with Gasteiger partial charge in [-0.3, -0.25) is 14.4 Å². The molecule has 0 aliphatic rings. The maximum absolute atomic E-state index is 12.4. The Morgan fingerprint density at radius 1 is 1.25 bits per heavy atom. The molecule has 0 atom stereocenters. The minimum absolute atomic E-state index is 0.149. The van der Waals surface area contributed by atoms with Crippen LogP contribution in [0.15, 0.2) is 29.1 Å². The van der Waals surface area contributed by atoms with Crippen molar-refractivity contribution in [1.82, 2.24) is 15.1 Å². The van der Waals surface area contributed by atoms with Gasteiger partial charge in [0, 0.05) is 18.4 Å². The number of carbonyl (C=O) groups excluding carboxylic acids is 2. The van der Waals surface area contributed by atoms with Gasteiger partial charge in [0.25, 0.3) is 5.56 Å². The van der Waals surface area contributed by atoms with Gasteiger partial charge in [-0.2, -0.15) is 5.10 Å². The first kappa shape index (κ1) is 17.7. The number of rotatable bonds is 7. The lowest BCUT2D eigenvalue weighted by Gasteiger charge is -2.09. The summed E-state index contributed by atoms with van der Waals surface area (Å²) in [5, 5.41) is 8.20. The molecule has 1 heterocycles. The Bertz CT molecular complexity index is 798. The second-order valence-electron chi connectivity index (χ2n) is 5.35. The highest BCUT2D eigenvalue weighted by Gasteiger charge is 2.10. The molecule has 7 nitrogen and oxygen atoms in total. The van der Waals surface area contributed by atoms with E-state index in [1.165, 1.54) is 4.68 Å². The van der Waals surface area contributed by atoms with Crippen LogP contribution in [0.3, 0.4) is 0 Å². The Hall–Kier alpha value is -2.70. The van der Waals surface area contributed by atoms with Crippen molar-refractivity contribution < 1.29 is 14.3 Å². The highest BCUT2D eigenvalue weighted by Crippen LogP contribution is 2.11. The van der Waals surface area contributed by atoms with Gasteiger partial charge in [-0.1, -0.05) is 18.2 Å². The molecule has 7 heteroatoms. The Labute approximate surface area is 139 Å². The molecule has 0 bridgehead atoms. The molecular formula is C17H21N3O4. The monoisotopic (exact) mass is 331 g/mol. The molecule has 0 aliphatic heterocycles. The minimum atomic E-state index is -0.317. The molecule has 0 saturated carbocycles. The summed E-state index contributed by atoms with van der Waals surface area (Å²) in [6.45, 7) is 4.09. The van der Waals surface area contributed by atoms with Gasteiger partial charge < -0.3 is 10.1 Å². The number of amides is 1. The average molecular weight is 331 g/mol.